The summed E-state index contributed by atoms with van der Waals surface area (Å²) in [5.74, 6) is -0.198. The summed E-state index contributed by atoms with van der Waals surface area (Å²) in [7, 11) is 0. The number of halogens is 1. The van der Waals surface area contributed by atoms with Gasteiger partial charge in [-0.1, -0.05) is 19.1 Å². The quantitative estimate of drug-likeness (QED) is 0.793. The maximum atomic E-state index is 12.9. The first-order chi connectivity index (χ1) is 10.1. The monoisotopic (exact) mass is 289 g/mol. The van der Waals surface area contributed by atoms with Gasteiger partial charge in [0.25, 0.3) is 0 Å². The molecule has 1 aromatic heterocycles. The van der Waals surface area contributed by atoms with Crippen LogP contribution in [0.1, 0.15) is 35.9 Å². The van der Waals surface area contributed by atoms with E-state index in [4.69, 9.17) is 0 Å². The van der Waals surface area contributed by atoms with Gasteiger partial charge in [0.2, 0.25) is 0 Å². The molecular formula is C17H24FN3. The van der Waals surface area contributed by atoms with Crippen molar-refractivity contribution in [3.05, 3.63) is 52.6 Å². The molecule has 0 saturated carbocycles. The third kappa shape index (κ3) is 4.14. The summed E-state index contributed by atoms with van der Waals surface area (Å²) >= 11 is 0. The molecule has 1 aromatic carbocycles. The van der Waals surface area contributed by atoms with E-state index in [1.165, 1.54) is 23.4 Å². The summed E-state index contributed by atoms with van der Waals surface area (Å²) in [6.07, 6.45) is 2.17. The van der Waals surface area contributed by atoms with Crippen molar-refractivity contribution in [1.82, 2.24) is 15.1 Å². The van der Waals surface area contributed by atoms with Crippen LogP contribution in [0.4, 0.5) is 4.39 Å². The molecule has 0 spiro atoms. The van der Waals surface area contributed by atoms with Crippen LogP contribution >= 0.6 is 0 Å². The number of aromatic nitrogens is 2. The first-order valence-electron chi connectivity index (χ1n) is 7.60. The Hall–Kier alpha value is -1.68. The van der Waals surface area contributed by atoms with Gasteiger partial charge in [-0.3, -0.25) is 4.68 Å². The number of benzene rings is 1. The highest BCUT2D eigenvalue weighted by molar-refractivity contribution is 5.26. The molecule has 0 atom stereocenters. The van der Waals surface area contributed by atoms with E-state index in [0.29, 0.717) is 6.54 Å². The average Bonchev–Trinajstić information content (AvgIpc) is 2.73. The zero-order valence-electron chi connectivity index (χ0n) is 13.1. The van der Waals surface area contributed by atoms with E-state index < -0.39 is 0 Å². The molecule has 0 aliphatic carbocycles. The van der Waals surface area contributed by atoms with E-state index in [-0.39, 0.29) is 5.82 Å². The molecule has 0 aliphatic heterocycles. The molecule has 4 heteroatoms. The Bertz CT molecular complexity index is 572. The molecule has 0 bridgehead atoms. The maximum absolute atomic E-state index is 12.9. The Morgan fingerprint density at radius 3 is 2.57 bits per heavy atom. The van der Waals surface area contributed by atoms with Crippen molar-refractivity contribution in [3.8, 4) is 0 Å². The van der Waals surface area contributed by atoms with Gasteiger partial charge in [0.05, 0.1) is 12.2 Å². The van der Waals surface area contributed by atoms with Gasteiger partial charge in [-0.25, -0.2) is 4.39 Å². The van der Waals surface area contributed by atoms with Crippen LogP contribution < -0.4 is 5.32 Å². The first kappa shape index (κ1) is 15.7. The van der Waals surface area contributed by atoms with E-state index in [1.54, 1.807) is 0 Å². The highest BCUT2D eigenvalue weighted by Crippen LogP contribution is 2.16. The molecule has 0 radical (unpaired) electrons. The van der Waals surface area contributed by atoms with Crippen LogP contribution in [0.25, 0.3) is 0 Å². The van der Waals surface area contributed by atoms with Crippen LogP contribution in [0.2, 0.25) is 0 Å². The van der Waals surface area contributed by atoms with Gasteiger partial charge in [0, 0.05) is 5.69 Å². The van der Waals surface area contributed by atoms with Gasteiger partial charge in [-0.15, -0.1) is 0 Å². The summed E-state index contributed by atoms with van der Waals surface area (Å²) < 4.78 is 15.0. The second kappa shape index (κ2) is 7.36. The Labute approximate surface area is 126 Å². The fraction of sp³-hybridized carbons (Fsp3) is 0.471. The Morgan fingerprint density at radius 1 is 1.19 bits per heavy atom. The highest BCUT2D eigenvalue weighted by atomic mass is 19.1. The number of rotatable bonds is 7. The van der Waals surface area contributed by atoms with Crippen molar-refractivity contribution in [1.29, 1.82) is 0 Å². The summed E-state index contributed by atoms with van der Waals surface area (Å²) in [6.45, 7) is 9.06. The molecule has 0 saturated heterocycles. The fourth-order valence-electron chi connectivity index (χ4n) is 2.58. The van der Waals surface area contributed by atoms with Crippen LogP contribution in [-0.2, 0) is 13.0 Å². The van der Waals surface area contributed by atoms with Crippen LogP contribution in [0.3, 0.4) is 0 Å². The summed E-state index contributed by atoms with van der Waals surface area (Å²) in [5.41, 5.74) is 4.73. The summed E-state index contributed by atoms with van der Waals surface area (Å²) in [4.78, 5) is 0. The third-order valence-corrected chi connectivity index (χ3v) is 3.81. The number of nitrogens with zero attached hydrogens (tertiary/aromatic N) is 2. The van der Waals surface area contributed by atoms with Crippen molar-refractivity contribution in [2.45, 2.75) is 40.2 Å². The molecular weight excluding hydrogens is 265 g/mol. The minimum Gasteiger partial charge on any atom is -0.317 e. The highest BCUT2D eigenvalue weighted by Gasteiger charge is 2.11. The van der Waals surface area contributed by atoms with E-state index in [9.17, 15) is 4.39 Å². The predicted octanol–water partition coefficient (Wildman–Crippen LogP) is 3.23. The fourth-order valence-corrected chi connectivity index (χ4v) is 2.58. The lowest BCUT2D eigenvalue weighted by Gasteiger charge is -2.06. The van der Waals surface area contributed by atoms with Gasteiger partial charge in [-0.2, -0.15) is 5.10 Å². The minimum atomic E-state index is -0.198. The van der Waals surface area contributed by atoms with Crippen LogP contribution in [0, 0.1) is 19.7 Å². The Balaban J connectivity index is 2.05. The lowest BCUT2D eigenvalue weighted by Crippen LogP contribution is -2.14. The largest absolute Gasteiger partial charge is 0.317 e. The smallest absolute Gasteiger partial charge is 0.123 e. The van der Waals surface area contributed by atoms with Crippen molar-refractivity contribution >= 4 is 0 Å². The van der Waals surface area contributed by atoms with Crippen molar-refractivity contribution in [2.24, 2.45) is 0 Å². The molecule has 1 N–H and O–H groups in total. The van der Waals surface area contributed by atoms with Crippen molar-refractivity contribution < 1.29 is 4.39 Å². The van der Waals surface area contributed by atoms with E-state index >= 15 is 0 Å². The van der Waals surface area contributed by atoms with Crippen molar-refractivity contribution in [3.63, 3.8) is 0 Å². The molecule has 2 rings (SSSR count). The van der Waals surface area contributed by atoms with Gasteiger partial charge in [-0.05, 0) is 63.0 Å². The molecule has 0 aliphatic rings. The Morgan fingerprint density at radius 2 is 1.90 bits per heavy atom. The standard InChI is InChI=1S/C17H24FN3/c1-4-19-11-5-6-17-13(2)20-21(14(17)3)12-15-7-9-16(18)10-8-15/h7-10,19H,4-6,11-12H2,1-3H3. The lowest BCUT2D eigenvalue weighted by molar-refractivity contribution is 0.622. The second-order valence-corrected chi connectivity index (χ2v) is 5.39. The van der Waals surface area contributed by atoms with Gasteiger partial charge in [0.1, 0.15) is 5.82 Å². The SMILES string of the molecule is CCNCCCc1c(C)nn(Cc2ccc(F)cc2)c1C. The minimum absolute atomic E-state index is 0.198. The number of nitrogens with one attached hydrogen (secondary N) is 1. The molecule has 114 valence electrons. The normalized spacial score (nSPS) is 11.0. The van der Waals surface area contributed by atoms with E-state index in [1.807, 2.05) is 16.8 Å². The number of hydrogen-bond acceptors (Lipinski definition) is 2. The second-order valence-electron chi connectivity index (χ2n) is 5.39. The maximum Gasteiger partial charge on any atom is 0.123 e. The molecule has 3 nitrogen and oxygen atoms in total. The topological polar surface area (TPSA) is 29.9 Å². The van der Waals surface area contributed by atoms with Gasteiger partial charge >= 0.3 is 0 Å². The average molecular weight is 289 g/mol. The molecule has 0 unspecified atom stereocenters. The van der Waals surface area contributed by atoms with Crippen molar-refractivity contribution in [2.75, 3.05) is 13.1 Å². The van der Waals surface area contributed by atoms with Crippen LogP contribution in [-0.4, -0.2) is 22.9 Å². The van der Waals surface area contributed by atoms with Gasteiger partial charge in [0.15, 0.2) is 0 Å². The molecule has 2 aromatic rings. The van der Waals surface area contributed by atoms with E-state index in [0.717, 1.165) is 37.2 Å². The summed E-state index contributed by atoms with van der Waals surface area (Å²) in [5, 5.41) is 7.98. The number of hydrogen-bond donors (Lipinski definition) is 1. The third-order valence-electron chi connectivity index (χ3n) is 3.81. The van der Waals surface area contributed by atoms with Gasteiger partial charge < -0.3 is 5.32 Å². The van der Waals surface area contributed by atoms with Crippen LogP contribution in [0.5, 0.6) is 0 Å². The zero-order chi connectivity index (χ0) is 15.2. The molecule has 1 heterocycles. The van der Waals surface area contributed by atoms with Crippen LogP contribution in [0.15, 0.2) is 24.3 Å². The lowest BCUT2D eigenvalue weighted by atomic mass is 10.1. The molecule has 0 fully saturated rings. The zero-order valence-corrected chi connectivity index (χ0v) is 13.1. The predicted molar refractivity (Wildman–Crippen MR) is 84.1 cm³/mol. The van der Waals surface area contributed by atoms with E-state index in [2.05, 4.69) is 31.2 Å². The number of aryl methyl sites for hydroxylation is 1. The first-order valence-corrected chi connectivity index (χ1v) is 7.60. The molecule has 0 amide bonds. The summed E-state index contributed by atoms with van der Waals surface area (Å²) in [6, 6.07) is 6.63. The Kier molecular flexibility index (Phi) is 5.51. The molecule has 21 heavy (non-hydrogen) atoms.